The monoisotopic (exact) mass is 269 g/mol. The van der Waals surface area contributed by atoms with Gasteiger partial charge in [-0.25, -0.2) is 4.79 Å². The van der Waals surface area contributed by atoms with E-state index < -0.39 is 5.54 Å². The summed E-state index contributed by atoms with van der Waals surface area (Å²) >= 11 is 0. The van der Waals surface area contributed by atoms with Gasteiger partial charge in [0.2, 0.25) is 5.91 Å². The van der Waals surface area contributed by atoms with Crippen molar-refractivity contribution in [3.63, 3.8) is 0 Å². The Balaban J connectivity index is 2.02. The Kier molecular flexibility index (Phi) is 4.80. The van der Waals surface area contributed by atoms with Crippen LogP contribution in [0.15, 0.2) is 0 Å². The number of ether oxygens (including phenoxy) is 2. The number of rotatable bonds is 3. The quantitative estimate of drug-likeness (QED) is 0.787. The van der Waals surface area contributed by atoms with Gasteiger partial charge in [0, 0.05) is 19.1 Å². The number of methoxy groups -OCH3 is 1. The summed E-state index contributed by atoms with van der Waals surface area (Å²) in [6.45, 7) is 1.26. The molecule has 1 aliphatic heterocycles. The van der Waals surface area contributed by atoms with Crippen LogP contribution in [0.3, 0.4) is 0 Å². The fraction of sp³-hybridized carbons (Fsp3) is 0.857. The molecule has 1 heterocycles. The molecule has 1 saturated carbocycles. The van der Waals surface area contributed by atoms with E-state index in [1.807, 2.05) is 0 Å². The van der Waals surface area contributed by atoms with Crippen LogP contribution in [0.2, 0.25) is 0 Å². The Morgan fingerprint density at radius 2 is 1.79 bits per heavy atom. The lowest BCUT2D eigenvalue weighted by molar-refractivity contribution is -0.153. The van der Waals surface area contributed by atoms with Gasteiger partial charge in [0.25, 0.3) is 0 Å². The Hall–Kier alpha value is -1.10. The van der Waals surface area contributed by atoms with Gasteiger partial charge in [0.15, 0.2) is 0 Å². The molecule has 5 nitrogen and oxygen atoms in total. The van der Waals surface area contributed by atoms with Gasteiger partial charge >= 0.3 is 5.97 Å². The lowest BCUT2D eigenvalue weighted by atomic mass is 9.81. The number of amides is 1. The molecule has 0 radical (unpaired) electrons. The number of hydrogen-bond donors (Lipinski definition) is 1. The molecular weight excluding hydrogens is 246 g/mol. The summed E-state index contributed by atoms with van der Waals surface area (Å²) < 4.78 is 10.2. The van der Waals surface area contributed by atoms with E-state index in [0.717, 1.165) is 32.1 Å². The van der Waals surface area contributed by atoms with E-state index in [1.165, 1.54) is 7.11 Å². The third-order valence-corrected chi connectivity index (χ3v) is 4.24. The SMILES string of the molecule is COC(=O)C1(NC(=O)C2CCOCC2)CCCCC1. The molecule has 1 amide bonds. The first kappa shape index (κ1) is 14.3. The van der Waals surface area contributed by atoms with E-state index in [0.29, 0.717) is 26.1 Å². The van der Waals surface area contributed by atoms with Gasteiger partial charge in [0.1, 0.15) is 5.54 Å². The smallest absolute Gasteiger partial charge is 0.331 e. The molecule has 0 bridgehead atoms. The van der Waals surface area contributed by atoms with Crippen molar-refractivity contribution in [2.75, 3.05) is 20.3 Å². The standard InChI is InChI=1S/C14H23NO4/c1-18-13(17)14(7-3-2-4-8-14)15-12(16)11-5-9-19-10-6-11/h11H,2-10H2,1H3,(H,15,16). The van der Waals surface area contributed by atoms with Gasteiger partial charge in [-0.1, -0.05) is 19.3 Å². The highest BCUT2D eigenvalue weighted by Crippen LogP contribution is 2.30. The zero-order valence-corrected chi connectivity index (χ0v) is 11.6. The van der Waals surface area contributed by atoms with Crippen LogP contribution in [0.25, 0.3) is 0 Å². The van der Waals surface area contributed by atoms with E-state index >= 15 is 0 Å². The van der Waals surface area contributed by atoms with Gasteiger partial charge in [-0.05, 0) is 25.7 Å². The second-order valence-electron chi connectivity index (χ2n) is 5.51. The molecule has 5 heteroatoms. The van der Waals surface area contributed by atoms with Crippen LogP contribution in [-0.4, -0.2) is 37.7 Å². The van der Waals surface area contributed by atoms with Crippen LogP contribution in [0, 0.1) is 5.92 Å². The maximum Gasteiger partial charge on any atom is 0.331 e. The summed E-state index contributed by atoms with van der Waals surface area (Å²) in [7, 11) is 1.39. The molecule has 0 aromatic carbocycles. The topological polar surface area (TPSA) is 64.6 Å². The van der Waals surface area contributed by atoms with Crippen LogP contribution in [0.5, 0.6) is 0 Å². The molecule has 19 heavy (non-hydrogen) atoms. The molecule has 1 aliphatic carbocycles. The van der Waals surface area contributed by atoms with Crippen molar-refractivity contribution in [3.8, 4) is 0 Å². The minimum absolute atomic E-state index is 0.0180. The second-order valence-corrected chi connectivity index (χ2v) is 5.51. The molecule has 2 fully saturated rings. The third kappa shape index (κ3) is 3.26. The summed E-state index contributed by atoms with van der Waals surface area (Å²) in [4.78, 5) is 24.4. The second kappa shape index (κ2) is 6.37. The summed E-state index contributed by atoms with van der Waals surface area (Å²) in [5.41, 5.74) is -0.789. The highest BCUT2D eigenvalue weighted by Gasteiger charge is 2.43. The summed E-state index contributed by atoms with van der Waals surface area (Å²) in [6.07, 6.45) is 5.90. The molecule has 0 atom stereocenters. The first-order chi connectivity index (χ1) is 9.18. The zero-order chi connectivity index (χ0) is 13.7. The van der Waals surface area contributed by atoms with Crippen molar-refractivity contribution >= 4 is 11.9 Å². The number of hydrogen-bond acceptors (Lipinski definition) is 4. The van der Waals surface area contributed by atoms with E-state index in [4.69, 9.17) is 9.47 Å². The van der Waals surface area contributed by atoms with Gasteiger partial charge < -0.3 is 14.8 Å². The van der Waals surface area contributed by atoms with Crippen LogP contribution in [0.4, 0.5) is 0 Å². The molecular formula is C14H23NO4. The predicted molar refractivity (Wildman–Crippen MR) is 69.5 cm³/mol. The van der Waals surface area contributed by atoms with Crippen LogP contribution in [0.1, 0.15) is 44.9 Å². The van der Waals surface area contributed by atoms with Crippen LogP contribution in [-0.2, 0) is 19.1 Å². The number of carbonyl (C=O) groups excluding carboxylic acids is 2. The van der Waals surface area contributed by atoms with E-state index in [2.05, 4.69) is 5.32 Å². The molecule has 0 unspecified atom stereocenters. The largest absolute Gasteiger partial charge is 0.467 e. The Labute approximate surface area is 114 Å². The highest BCUT2D eigenvalue weighted by molar-refractivity contribution is 5.89. The highest BCUT2D eigenvalue weighted by atomic mass is 16.5. The Morgan fingerprint density at radius 1 is 1.16 bits per heavy atom. The maximum absolute atomic E-state index is 12.3. The summed E-state index contributed by atoms with van der Waals surface area (Å²) in [5, 5.41) is 2.98. The lowest BCUT2D eigenvalue weighted by Gasteiger charge is -2.36. The van der Waals surface area contributed by atoms with Crippen molar-refractivity contribution in [1.82, 2.24) is 5.32 Å². The van der Waals surface area contributed by atoms with Crippen molar-refractivity contribution in [3.05, 3.63) is 0 Å². The van der Waals surface area contributed by atoms with E-state index in [-0.39, 0.29) is 17.8 Å². The Morgan fingerprint density at radius 3 is 2.37 bits per heavy atom. The minimum atomic E-state index is -0.789. The molecule has 0 aromatic heterocycles. The minimum Gasteiger partial charge on any atom is -0.467 e. The van der Waals surface area contributed by atoms with Crippen LogP contribution < -0.4 is 5.32 Å². The fourth-order valence-electron chi connectivity index (χ4n) is 3.03. The number of nitrogens with one attached hydrogen (secondary N) is 1. The third-order valence-electron chi connectivity index (χ3n) is 4.24. The molecule has 0 spiro atoms. The lowest BCUT2D eigenvalue weighted by Crippen LogP contribution is -2.57. The van der Waals surface area contributed by atoms with E-state index in [9.17, 15) is 9.59 Å². The summed E-state index contributed by atoms with van der Waals surface area (Å²) in [6, 6.07) is 0. The molecule has 2 aliphatic rings. The Bertz CT molecular complexity index is 330. The molecule has 2 rings (SSSR count). The first-order valence-corrected chi connectivity index (χ1v) is 7.16. The van der Waals surface area contributed by atoms with Gasteiger partial charge in [-0.15, -0.1) is 0 Å². The molecule has 1 N–H and O–H groups in total. The molecule has 1 saturated heterocycles. The number of carbonyl (C=O) groups is 2. The average Bonchev–Trinajstić information content (AvgIpc) is 2.48. The summed E-state index contributed by atoms with van der Waals surface area (Å²) in [5.74, 6) is -0.347. The molecule has 0 aromatic rings. The predicted octanol–water partition coefficient (Wildman–Crippen LogP) is 1.41. The normalized spacial score (nSPS) is 23.6. The van der Waals surface area contributed by atoms with Crippen molar-refractivity contribution in [2.24, 2.45) is 5.92 Å². The average molecular weight is 269 g/mol. The van der Waals surface area contributed by atoms with Gasteiger partial charge in [0.05, 0.1) is 7.11 Å². The first-order valence-electron chi connectivity index (χ1n) is 7.16. The van der Waals surface area contributed by atoms with Gasteiger partial charge in [-0.2, -0.15) is 0 Å². The molecule has 108 valence electrons. The maximum atomic E-state index is 12.3. The fourth-order valence-corrected chi connectivity index (χ4v) is 3.03. The van der Waals surface area contributed by atoms with Crippen molar-refractivity contribution < 1.29 is 19.1 Å². The van der Waals surface area contributed by atoms with Crippen molar-refractivity contribution in [2.45, 2.75) is 50.5 Å². The van der Waals surface area contributed by atoms with E-state index in [1.54, 1.807) is 0 Å². The number of esters is 1. The van der Waals surface area contributed by atoms with Crippen LogP contribution >= 0.6 is 0 Å². The van der Waals surface area contributed by atoms with Crippen molar-refractivity contribution in [1.29, 1.82) is 0 Å². The zero-order valence-electron chi connectivity index (χ0n) is 11.6. The van der Waals surface area contributed by atoms with Gasteiger partial charge in [-0.3, -0.25) is 4.79 Å².